The van der Waals surface area contributed by atoms with Crippen LogP contribution in [0.2, 0.25) is 10.0 Å². The van der Waals surface area contributed by atoms with Gasteiger partial charge in [-0.1, -0.05) is 41.4 Å². The number of hydrogen-bond acceptors (Lipinski definition) is 2. The molecule has 0 spiro atoms. The molecule has 0 amide bonds. The van der Waals surface area contributed by atoms with Gasteiger partial charge in [-0.3, -0.25) is 4.79 Å². The molecule has 1 aliphatic rings. The molecule has 0 aliphatic carbocycles. The van der Waals surface area contributed by atoms with Crippen LogP contribution in [0.3, 0.4) is 0 Å². The molecule has 1 atom stereocenters. The van der Waals surface area contributed by atoms with Gasteiger partial charge in [-0.15, -0.1) is 0 Å². The number of halogens is 2. The van der Waals surface area contributed by atoms with Gasteiger partial charge in [-0.05, 0) is 29.8 Å². The van der Waals surface area contributed by atoms with E-state index < -0.39 is 6.10 Å². The molecular weight excluding hydrogens is 283 g/mol. The first-order valence-electron chi connectivity index (χ1n) is 5.89. The van der Waals surface area contributed by atoms with Crippen LogP contribution >= 0.6 is 23.2 Å². The molecule has 0 fully saturated rings. The molecule has 96 valence electrons. The molecule has 0 bridgehead atoms. The minimum absolute atomic E-state index is 0.135. The minimum Gasteiger partial charge on any atom is -0.482 e. The average Bonchev–Trinajstić information content (AvgIpc) is 2.84. The van der Waals surface area contributed by atoms with E-state index in [-0.39, 0.29) is 5.78 Å². The first kappa shape index (κ1) is 12.5. The third-order valence-corrected chi connectivity index (χ3v) is 3.70. The predicted molar refractivity (Wildman–Crippen MR) is 75.4 cm³/mol. The lowest BCUT2D eigenvalue weighted by molar-refractivity contribution is 0.0825. The summed E-state index contributed by atoms with van der Waals surface area (Å²) >= 11 is 12.0. The van der Waals surface area contributed by atoms with Crippen LogP contribution in [0.4, 0.5) is 0 Å². The third kappa shape index (κ3) is 2.34. The first-order chi connectivity index (χ1) is 9.15. The Morgan fingerprint density at radius 3 is 2.74 bits per heavy atom. The number of carbonyl (C=O) groups excluding carboxylic acids is 1. The maximum absolute atomic E-state index is 12.4. The fraction of sp³-hybridized carbons (Fsp3) is 0.133. The monoisotopic (exact) mass is 292 g/mol. The van der Waals surface area contributed by atoms with Gasteiger partial charge in [0.25, 0.3) is 0 Å². The van der Waals surface area contributed by atoms with Crippen LogP contribution in [-0.4, -0.2) is 11.9 Å². The molecule has 0 saturated heterocycles. The Balaban J connectivity index is 1.89. The van der Waals surface area contributed by atoms with Crippen molar-refractivity contribution in [1.29, 1.82) is 0 Å². The van der Waals surface area contributed by atoms with Crippen molar-refractivity contribution in [3.8, 4) is 5.75 Å². The quantitative estimate of drug-likeness (QED) is 0.776. The second-order valence-corrected chi connectivity index (χ2v) is 5.25. The van der Waals surface area contributed by atoms with Crippen molar-refractivity contribution in [2.24, 2.45) is 0 Å². The Kier molecular flexibility index (Phi) is 3.21. The fourth-order valence-electron chi connectivity index (χ4n) is 2.19. The van der Waals surface area contributed by atoms with Gasteiger partial charge in [0, 0.05) is 17.0 Å². The molecule has 0 aromatic heterocycles. The van der Waals surface area contributed by atoms with Crippen LogP contribution in [0.15, 0.2) is 42.5 Å². The molecule has 0 N–H and O–H groups in total. The summed E-state index contributed by atoms with van der Waals surface area (Å²) in [7, 11) is 0. The zero-order valence-electron chi connectivity index (χ0n) is 9.90. The fourth-order valence-corrected chi connectivity index (χ4v) is 2.57. The van der Waals surface area contributed by atoms with Crippen LogP contribution in [0.5, 0.6) is 5.75 Å². The number of rotatable bonds is 2. The highest BCUT2D eigenvalue weighted by Gasteiger charge is 2.30. The molecular formula is C15H10Cl2O2. The number of Topliss-reactive ketones (excluding diaryl/α,β-unsaturated/α-hetero) is 1. The van der Waals surface area contributed by atoms with Crippen LogP contribution in [0.1, 0.15) is 15.9 Å². The van der Waals surface area contributed by atoms with Crippen LogP contribution in [0, 0.1) is 0 Å². The summed E-state index contributed by atoms with van der Waals surface area (Å²) in [5.41, 5.74) is 1.45. The lowest BCUT2D eigenvalue weighted by Gasteiger charge is -2.11. The van der Waals surface area contributed by atoms with Crippen molar-refractivity contribution < 1.29 is 9.53 Å². The summed E-state index contributed by atoms with van der Waals surface area (Å²) in [6, 6.07) is 12.5. The van der Waals surface area contributed by atoms with Crippen molar-refractivity contribution in [3.05, 3.63) is 63.6 Å². The standard InChI is InChI=1S/C15H10Cl2O2/c16-10-5-6-12(17)11(8-10)15(18)14-7-9-3-1-2-4-13(9)19-14/h1-6,8,14H,7H2. The summed E-state index contributed by atoms with van der Waals surface area (Å²) in [5, 5.41) is 0.886. The average molecular weight is 293 g/mol. The number of benzene rings is 2. The largest absolute Gasteiger partial charge is 0.482 e. The highest BCUT2D eigenvalue weighted by Crippen LogP contribution is 2.31. The normalized spacial score (nSPS) is 16.8. The Morgan fingerprint density at radius 2 is 1.95 bits per heavy atom. The van der Waals surface area contributed by atoms with Crippen LogP contribution in [0.25, 0.3) is 0 Å². The molecule has 4 heteroatoms. The van der Waals surface area contributed by atoms with Gasteiger partial charge in [0.2, 0.25) is 5.78 Å². The van der Waals surface area contributed by atoms with Crippen LogP contribution in [-0.2, 0) is 6.42 Å². The maximum atomic E-state index is 12.4. The maximum Gasteiger partial charge on any atom is 0.205 e. The molecule has 0 radical (unpaired) electrons. The lowest BCUT2D eigenvalue weighted by atomic mass is 10.0. The van der Waals surface area contributed by atoms with Crippen molar-refractivity contribution >= 4 is 29.0 Å². The van der Waals surface area contributed by atoms with Gasteiger partial charge in [-0.2, -0.15) is 0 Å². The molecule has 3 rings (SSSR count). The Hall–Kier alpha value is -1.51. The predicted octanol–water partition coefficient (Wildman–Crippen LogP) is 4.18. The highest BCUT2D eigenvalue weighted by atomic mass is 35.5. The Bertz CT molecular complexity index is 627. The number of para-hydroxylation sites is 1. The van der Waals surface area contributed by atoms with Crippen molar-refractivity contribution in [2.45, 2.75) is 12.5 Å². The smallest absolute Gasteiger partial charge is 0.205 e. The van der Waals surface area contributed by atoms with E-state index in [0.717, 1.165) is 11.3 Å². The van der Waals surface area contributed by atoms with Crippen molar-refractivity contribution in [2.75, 3.05) is 0 Å². The lowest BCUT2D eigenvalue weighted by Crippen LogP contribution is -2.25. The number of ketones is 1. The topological polar surface area (TPSA) is 26.3 Å². The second-order valence-electron chi connectivity index (χ2n) is 4.41. The zero-order chi connectivity index (χ0) is 13.4. The summed E-state index contributed by atoms with van der Waals surface area (Å²) in [4.78, 5) is 12.4. The van der Waals surface area contributed by atoms with E-state index in [2.05, 4.69) is 0 Å². The SMILES string of the molecule is O=C(c1cc(Cl)ccc1Cl)C1Cc2ccccc2O1. The van der Waals surface area contributed by atoms with Gasteiger partial charge < -0.3 is 4.74 Å². The van der Waals surface area contributed by atoms with Gasteiger partial charge in [0.1, 0.15) is 5.75 Å². The molecule has 1 heterocycles. The van der Waals surface area contributed by atoms with Gasteiger partial charge in [0.15, 0.2) is 6.10 Å². The zero-order valence-corrected chi connectivity index (χ0v) is 11.4. The second kappa shape index (κ2) is 4.87. The van der Waals surface area contributed by atoms with E-state index in [1.54, 1.807) is 18.2 Å². The summed E-state index contributed by atoms with van der Waals surface area (Å²) in [5.74, 6) is 0.628. The van der Waals surface area contributed by atoms with E-state index in [0.29, 0.717) is 22.0 Å². The molecule has 19 heavy (non-hydrogen) atoms. The Labute approximate surface area is 120 Å². The van der Waals surface area contributed by atoms with E-state index >= 15 is 0 Å². The van der Waals surface area contributed by atoms with Crippen molar-refractivity contribution in [3.63, 3.8) is 0 Å². The number of carbonyl (C=O) groups is 1. The Morgan fingerprint density at radius 1 is 1.16 bits per heavy atom. The van der Waals surface area contributed by atoms with Crippen molar-refractivity contribution in [1.82, 2.24) is 0 Å². The number of hydrogen-bond donors (Lipinski definition) is 0. The van der Waals surface area contributed by atoms with E-state index in [1.165, 1.54) is 0 Å². The molecule has 0 saturated carbocycles. The van der Waals surface area contributed by atoms with E-state index in [4.69, 9.17) is 27.9 Å². The van der Waals surface area contributed by atoms with Gasteiger partial charge in [-0.25, -0.2) is 0 Å². The van der Waals surface area contributed by atoms with E-state index in [9.17, 15) is 4.79 Å². The van der Waals surface area contributed by atoms with Crippen LogP contribution < -0.4 is 4.74 Å². The summed E-state index contributed by atoms with van der Waals surface area (Å²) in [6.45, 7) is 0. The number of ether oxygens (including phenoxy) is 1. The summed E-state index contributed by atoms with van der Waals surface area (Å²) in [6.07, 6.45) is 0.0473. The number of fused-ring (bicyclic) bond motifs is 1. The summed E-state index contributed by atoms with van der Waals surface area (Å²) < 4.78 is 5.67. The molecule has 2 aromatic carbocycles. The first-order valence-corrected chi connectivity index (χ1v) is 6.64. The van der Waals surface area contributed by atoms with E-state index in [1.807, 2.05) is 24.3 Å². The highest BCUT2D eigenvalue weighted by molar-refractivity contribution is 6.36. The molecule has 1 unspecified atom stereocenters. The van der Waals surface area contributed by atoms with Gasteiger partial charge >= 0.3 is 0 Å². The third-order valence-electron chi connectivity index (χ3n) is 3.13. The minimum atomic E-state index is -0.520. The molecule has 2 nitrogen and oxygen atoms in total. The van der Waals surface area contributed by atoms with Gasteiger partial charge in [0.05, 0.1) is 5.02 Å². The molecule has 2 aromatic rings. The molecule has 1 aliphatic heterocycles.